The van der Waals surface area contributed by atoms with Crippen molar-refractivity contribution in [2.45, 2.75) is 121 Å². The molecule has 2 aliphatic heterocycles. The third kappa shape index (κ3) is 22.1. The number of ether oxygens (including phenoxy) is 8. The molecular formula is C48H62O16. The summed E-state index contributed by atoms with van der Waals surface area (Å²) < 4.78 is 40.2. The maximum Gasteiger partial charge on any atom is 0.322 e. The summed E-state index contributed by atoms with van der Waals surface area (Å²) in [4.78, 5) is 95.0. The highest BCUT2D eigenvalue weighted by Gasteiger charge is 2.42. The second kappa shape index (κ2) is 30.6. The van der Waals surface area contributed by atoms with Crippen LogP contribution in [0.5, 0.6) is 0 Å². The fourth-order valence-corrected chi connectivity index (χ4v) is 4.12. The molecule has 0 spiro atoms. The first kappa shape index (κ1) is 57.6. The van der Waals surface area contributed by atoms with Crippen LogP contribution in [-0.4, -0.2) is 101 Å². The van der Waals surface area contributed by atoms with Crippen LogP contribution in [-0.2, 0) is 76.3 Å². The Morgan fingerprint density at radius 1 is 0.469 bits per heavy atom. The van der Waals surface area contributed by atoms with E-state index in [1.54, 1.807) is 13.8 Å². The number of hydrogen-bond donors (Lipinski definition) is 0. The van der Waals surface area contributed by atoms with Crippen LogP contribution >= 0.6 is 0 Å². The van der Waals surface area contributed by atoms with E-state index in [1.165, 1.54) is 55.4 Å². The highest BCUT2D eigenvalue weighted by Crippen LogP contribution is 2.23. The predicted molar refractivity (Wildman–Crippen MR) is 230 cm³/mol. The van der Waals surface area contributed by atoms with Crippen molar-refractivity contribution in [3.05, 3.63) is 0 Å². The van der Waals surface area contributed by atoms with Gasteiger partial charge in [0.15, 0.2) is 21.7 Å². The summed E-state index contributed by atoms with van der Waals surface area (Å²) in [5.41, 5.74) is -5.41. The van der Waals surface area contributed by atoms with Gasteiger partial charge in [0.25, 0.3) is 0 Å². The maximum absolute atomic E-state index is 12.1. The summed E-state index contributed by atoms with van der Waals surface area (Å²) in [6.07, 6.45) is 2.96. The van der Waals surface area contributed by atoms with Gasteiger partial charge < -0.3 is 37.9 Å². The van der Waals surface area contributed by atoms with Crippen molar-refractivity contribution in [1.82, 2.24) is 0 Å². The Labute approximate surface area is 377 Å². The summed E-state index contributed by atoms with van der Waals surface area (Å²) in [5, 5.41) is 0. The second-order valence-electron chi connectivity index (χ2n) is 15.5. The van der Waals surface area contributed by atoms with E-state index in [-0.39, 0.29) is 78.5 Å². The average molecular weight is 895 g/mol. The molecule has 16 heteroatoms. The van der Waals surface area contributed by atoms with Crippen LogP contribution in [0.2, 0.25) is 0 Å². The van der Waals surface area contributed by atoms with E-state index < -0.39 is 69.4 Å². The van der Waals surface area contributed by atoms with Gasteiger partial charge in [-0.3, -0.25) is 38.4 Å². The molecular weight excluding hydrogens is 833 g/mol. The van der Waals surface area contributed by atoms with Gasteiger partial charge in [-0.15, -0.1) is 23.7 Å². The van der Waals surface area contributed by atoms with Crippen molar-refractivity contribution >= 4 is 47.8 Å². The highest BCUT2D eigenvalue weighted by molar-refractivity contribution is 6.00. The molecule has 0 aliphatic carbocycles. The molecule has 0 aromatic carbocycles. The van der Waals surface area contributed by atoms with Gasteiger partial charge in [-0.05, 0) is 69.2 Å². The summed E-state index contributed by atoms with van der Waals surface area (Å²) in [6.45, 7) is 16.0. The molecule has 0 radical (unpaired) electrons. The molecule has 0 aromatic rings. The lowest BCUT2D eigenvalue weighted by atomic mass is 9.94. The normalized spacial score (nSPS) is 17.9. The summed E-state index contributed by atoms with van der Waals surface area (Å²) in [7, 11) is 0. The van der Waals surface area contributed by atoms with Crippen molar-refractivity contribution in [2.24, 2.45) is 21.7 Å². The Hall–Kier alpha value is -6.44. The van der Waals surface area contributed by atoms with Crippen LogP contribution in [0.3, 0.4) is 0 Å². The van der Waals surface area contributed by atoms with E-state index in [0.717, 1.165) is 0 Å². The van der Waals surface area contributed by atoms with Crippen LogP contribution in [0.4, 0.5) is 0 Å². The van der Waals surface area contributed by atoms with E-state index in [1.807, 2.05) is 0 Å². The van der Waals surface area contributed by atoms with E-state index in [2.05, 4.69) is 59.2 Å². The van der Waals surface area contributed by atoms with Gasteiger partial charge >= 0.3 is 47.8 Å². The average Bonchev–Trinajstić information content (AvgIpc) is 3.27. The molecule has 350 valence electrons. The first-order valence-electron chi connectivity index (χ1n) is 20.7. The van der Waals surface area contributed by atoms with Gasteiger partial charge in [0.05, 0.1) is 0 Å². The monoisotopic (exact) mass is 894 g/mol. The van der Waals surface area contributed by atoms with Gasteiger partial charge in [-0.1, -0.05) is 35.5 Å². The third-order valence-corrected chi connectivity index (χ3v) is 8.49. The van der Waals surface area contributed by atoms with Gasteiger partial charge in [0, 0.05) is 51.4 Å². The SMILES string of the molecule is CC#CCCOC(=O)C(C)(C)C(=O)OCCC#CC.CC1(C)C(=O)OCCC#CCCOC(=O)C(C)(C)C(=O)OCCC#CCCOC1=O.CC1(C)C(=O)OCCC#CCCOC1=O. The number of esters is 8. The van der Waals surface area contributed by atoms with Gasteiger partial charge in [0.1, 0.15) is 52.9 Å². The van der Waals surface area contributed by atoms with Gasteiger partial charge in [-0.25, -0.2) is 0 Å². The quantitative estimate of drug-likeness (QED) is 0.117. The first-order chi connectivity index (χ1) is 30.1. The molecule has 0 aromatic heterocycles. The first-order valence-corrected chi connectivity index (χ1v) is 20.7. The molecule has 0 bridgehead atoms. The lowest BCUT2D eigenvalue weighted by molar-refractivity contribution is -0.171. The third-order valence-electron chi connectivity index (χ3n) is 8.49. The molecule has 0 atom stereocenters. The van der Waals surface area contributed by atoms with E-state index in [4.69, 9.17) is 37.9 Å². The Bertz CT molecular complexity index is 1760. The fraction of sp³-hybridized carbons (Fsp3) is 0.625. The van der Waals surface area contributed by atoms with Gasteiger partial charge in [-0.2, -0.15) is 0 Å². The molecule has 16 nitrogen and oxygen atoms in total. The minimum atomic E-state index is -1.44. The topological polar surface area (TPSA) is 210 Å². The number of hydrogen-bond acceptors (Lipinski definition) is 16. The smallest absolute Gasteiger partial charge is 0.322 e. The molecule has 0 fully saturated rings. The molecule has 0 unspecified atom stereocenters. The molecule has 2 heterocycles. The van der Waals surface area contributed by atoms with Crippen LogP contribution in [0.15, 0.2) is 0 Å². The molecule has 2 aliphatic rings. The minimum absolute atomic E-state index is 0.0205. The minimum Gasteiger partial charge on any atom is -0.464 e. The molecule has 0 amide bonds. The highest BCUT2D eigenvalue weighted by atomic mass is 16.6. The standard InChI is InChI=1S/C22H28O8.C15H20O4.C11H14O4/c1-21(2)17(23)27-13-9-5-7-11-15-29-19(25)22(3,4)20(26)30-16-12-8-6-10-14-28-18(21)24;1-5-7-9-11-18-13(16)15(3,4)14(17)19-12-10-8-6-2;1-11(2)9(12)14-7-5-3-4-6-8-15-10(11)13/h9-16H2,1-4H3;9-12H2,1-4H3;5-8H2,1-2H3. The van der Waals surface area contributed by atoms with E-state index in [9.17, 15) is 38.4 Å². The van der Waals surface area contributed by atoms with Crippen LogP contribution < -0.4 is 0 Å². The second-order valence-corrected chi connectivity index (χ2v) is 15.5. The number of cyclic esters (lactones) is 6. The fourth-order valence-electron chi connectivity index (χ4n) is 4.12. The molecule has 2 rings (SSSR count). The number of carbonyl (C=O) groups excluding carboxylic acids is 8. The largest absolute Gasteiger partial charge is 0.464 e. The number of carbonyl (C=O) groups is 8. The van der Waals surface area contributed by atoms with Crippen molar-refractivity contribution in [1.29, 1.82) is 0 Å². The summed E-state index contributed by atoms with van der Waals surface area (Å²) >= 11 is 0. The van der Waals surface area contributed by atoms with Gasteiger partial charge in [0.2, 0.25) is 0 Å². The van der Waals surface area contributed by atoms with E-state index >= 15 is 0 Å². The Balaban J connectivity index is 0.00000100. The lowest BCUT2D eigenvalue weighted by Gasteiger charge is -2.20. The van der Waals surface area contributed by atoms with Crippen LogP contribution in [0.1, 0.15) is 121 Å². The maximum atomic E-state index is 12.1. The molecule has 0 saturated heterocycles. The Kier molecular flexibility index (Phi) is 27.5. The molecule has 64 heavy (non-hydrogen) atoms. The summed E-state index contributed by atoms with van der Waals surface area (Å²) in [5.74, 6) is 22.6. The molecule has 0 N–H and O–H groups in total. The van der Waals surface area contributed by atoms with Crippen molar-refractivity contribution < 1.29 is 76.3 Å². The Morgan fingerprint density at radius 2 is 0.672 bits per heavy atom. The Morgan fingerprint density at radius 3 is 0.859 bits per heavy atom. The zero-order valence-electron chi connectivity index (χ0n) is 38.8. The van der Waals surface area contributed by atoms with Crippen molar-refractivity contribution in [2.75, 3.05) is 52.9 Å². The van der Waals surface area contributed by atoms with Crippen molar-refractivity contribution in [3.63, 3.8) is 0 Å². The lowest BCUT2D eigenvalue weighted by Crippen LogP contribution is -2.37. The van der Waals surface area contributed by atoms with Crippen molar-refractivity contribution in [3.8, 4) is 59.2 Å². The summed E-state index contributed by atoms with van der Waals surface area (Å²) in [6, 6.07) is 0. The van der Waals surface area contributed by atoms with Crippen LogP contribution in [0.25, 0.3) is 0 Å². The number of rotatable bonds is 6. The predicted octanol–water partition coefficient (Wildman–Crippen LogP) is 4.61. The van der Waals surface area contributed by atoms with E-state index in [0.29, 0.717) is 25.7 Å². The zero-order chi connectivity index (χ0) is 48.7. The zero-order valence-corrected chi connectivity index (χ0v) is 38.8. The molecule has 0 saturated carbocycles. The van der Waals surface area contributed by atoms with Crippen LogP contribution in [0, 0.1) is 80.9 Å².